The lowest BCUT2D eigenvalue weighted by molar-refractivity contribution is -0.0460. The van der Waals surface area contributed by atoms with Crippen LogP contribution in [0.1, 0.15) is 19.4 Å². The van der Waals surface area contributed by atoms with Gasteiger partial charge in [0.25, 0.3) is 0 Å². The van der Waals surface area contributed by atoms with Crippen LogP contribution in [0.3, 0.4) is 0 Å². The van der Waals surface area contributed by atoms with Gasteiger partial charge in [0.05, 0.1) is 13.7 Å². The van der Waals surface area contributed by atoms with E-state index >= 15 is 0 Å². The molecule has 0 radical (unpaired) electrons. The second kappa shape index (κ2) is 7.92. The number of hydrogen-bond acceptors (Lipinski definition) is 5. The van der Waals surface area contributed by atoms with Gasteiger partial charge in [0, 0.05) is 20.8 Å². The highest BCUT2D eigenvalue weighted by atomic mass is 32.2. The van der Waals surface area contributed by atoms with Gasteiger partial charge >= 0.3 is 0 Å². The highest BCUT2D eigenvalue weighted by molar-refractivity contribution is 7.89. The average molecular weight is 331 g/mol. The van der Waals surface area contributed by atoms with Crippen molar-refractivity contribution in [1.29, 1.82) is 0 Å². The van der Waals surface area contributed by atoms with E-state index in [2.05, 4.69) is 4.72 Å². The van der Waals surface area contributed by atoms with Gasteiger partial charge < -0.3 is 14.2 Å². The van der Waals surface area contributed by atoms with Crippen LogP contribution in [-0.4, -0.2) is 48.5 Å². The van der Waals surface area contributed by atoms with E-state index in [0.717, 1.165) is 12.0 Å². The summed E-state index contributed by atoms with van der Waals surface area (Å²) in [4.78, 5) is 0.130. The van der Waals surface area contributed by atoms with Gasteiger partial charge in [-0.15, -0.1) is 0 Å². The molecule has 0 spiro atoms. The van der Waals surface area contributed by atoms with E-state index in [1.165, 1.54) is 14.2 Å². The number of methoxy groups -OCH3 is 3. The number of benzene rings is 1. The summed E-state index contributed by atoms with van der Waals surface area (Å²) in [5.74, 6) is 0.315. The van der Waals surface area contributed by atoms with Gasteiger partial charge in [0.2, 0.25) is 10.0 Å². The molecule has 0 fully saturated rings. The Kier molecular flexibility index (Phi) is 6.80. The summed E-state index contributed by atoms with van der Waals surface area (Å²) < 4.78 is 43.2. The van der Waals surface area contributed by atoms with Crippen molar-refractivity contribution < 1.29 is 22.6 Å². The van der Waals surface area contributed by atoms with E-state index in [4.69, 9.17) is 14.2 Å². The number of nitrogens with one attached hydrogen (secondary N) is 1. The second-order valence-electron chi connectivity index (χ2n) is 5.25. The van der Waals surface area contributed by atoms with Crippen molar-refractivity contribution in [2.24, 2.45) is 0 Å². The lowest BCUT2D eigenvalue weighted by Crippen LogP contribution is -2.45. The minimum absolute atomic E-state index is 0.0964. The summed E-state index contributed by atoms with van der Waals surface area (Å²) >= 11 is 0. The van der Waals surface area contributed by atoms with Crippen molar-refractivity contribution in [3.8, 4) is 5.75 Å². The van der Waals surface area contributed by atoms with Crippen LogP contribution in [0.2, 0.25) is 0 Å². The summed E-state index contributed by atoms with van der Waals surface area (Å²) in [5.41, 5.74) is 0.185. The first kappa shape index (κ1) is 18.9. The Balaban J connectivity index is 3.04. The molecule has 0 aliphatic heterocycles. The molecule has 0 heterocycles. The van der Waals surface area contributed by atoms with Crippen molar-refractivity contribution in [2.45, 2.75) is 30.8 Å². The number of rotatable bonds is 9. The van der Waals surface area contributed by atoms with Crippen LogP contribution in [0.4, 0.5) is 0 Å². The summed E-state index contributed by atoms with van der Waals surface area (Å²) in [6, 6.07) is 5.14. The van der Waals surface area contributed by atoms with Crippen LogP contribution in [0.15, 0.2) is 23.1 Å². The number of ether oxygens (including phenoxy) is 3. The van der Waals surface area contributed by atoms with Gasteiger partial charge in [-0.3, -0.25) is 0 Å². The van der Waals surface area contributed by atoms with Crippen molar-refractivity contribution >= 4 is 10.0 Å². The molecule has 6 nitrogen and oxygen atoms in total. The van der Waals surface area contributed by atoms with Gasteiger partial charge in [-0.25, -0.2) is 13.1 Å². The molecule has 0 saturated carbocycles. The fraction of sp³-hybridized carbons (Fsp3) is 0.600. The molecule has 0 aromatic heterocycles. The minimum Gasteiger partial charge on any atom is -0.495 e. The quantitative estimate of drug-likeness (QED) is 0.744. The molecule has 0 saturated heterocycles. The average Bonchev–Trinajstić information content (AvgIpc) is 2.52. The highest BCUT2D eigenvalue weighted by Crippen LogP contribution is 2.25. The first-order valence-electron chi connectivity index (χ1n) is 7.02. The molecule has 0 unspecified atom stereocenters. The molecular weight excluding hydrogens is 306 g/mol. The fourth-order valence-corrected chi connectivity index (χ4v) is 3.34. The third-order valence-corrected chi connectivity index (χ3v) is 4.93. The number of aryl methyl sites for hydroxylation is 1. The molecule has 7 heteroatoms. The van der Waals surface area contributed by atoms with Crippen molar-refractivity contribution in [2.75, 3.05) is 34.5 Å². The highest BCUT2D eigenvalue weighted by Gasteiger charge is 2.28. The van der Waals surface area contributed by atoms with Crippen LogP contribution in [0.25, 0.3) is 0 Å². The molecular formula is C15H25NO5S. The first-order chi connectivity index (χ1) is 10.3. The molecule has 1 aromatic rings. The van der Waals surface area contributed by atoms with Gasteiger partial charge in [-0.2, -0.15) is 0 Å². The molecule has 1 N–H and O–H groups in total. The maximum absolute atomic E-state index is 12.6. The molecule has 22 heavy (non-hydrogen) atoms. The Bertz CT molecular complexity index is 588. The van der Waals surface area contributed by atoms with Gasteiger partial charge in [0.15, 0.2) is 0 Å². The molecule has 0 aliphatic carbocycles. The normalized spacial score (nSPS) is 14.6. The molecule has 0 aliphatic rings. The van der Waals surface area contributed by atoms with Gasteiger partial charge in [-0.05, 0) is 31.0 Å². The monoisotopic (exact) mass is 331 g/mol. The Hall–Kier alpha value is -1.15. The third kappa shape index (κ3) is 4.67. The van der Waals surface area contributed by atoms with E-state index in [-0.39, 0.29) is 18.0 Å². The fourth-order valence-electron chi connectivity index (χ4n) is 1.96. The zero-order chi connectivity index (χ0) is 16.8. The molecule has 0 bridgehead atoms. The van der Waals surface area contributed by atoms with Crippen LogP contribution in [0, 0.1) is 0 Å². The lowest BCUT2D eigenvalue weighted by atomic mass is 10.1. The number of hydrogen-bond donors (Lipinski definition) is 1. The van der Waals surface area contributed by atoms with E-state index in [0.29, 0.717) is 5.75 Å². The Morgan fingerprint density at radius 1 is 1.23 bits per heavy atom. The Labute approximate surface area is 132 Å². The van der Waals surface area contributed by atoms with Gasteiger partial charge in [-0.1, -0.05) is 13.0 Å². The van der Waals surface area contributed by atoms with Crippen molar-refractivity contribution in [3.63, 3.8) is 0 Å². The van der Waals surface area contributed by atoms with E-state index in [1.54, 1.807) is 26.2 Å². The van der Waals surface area contributed by atoms with Gasteiger partial charge in [0.1, 0.15) is 16.2 Å². The lowest BCUT2D eigenvalue weighted by Gasteiger charge is -2.27. The smallest absolute Gasteiger partial charge is 0.244 e. The Morgan fingerprint density at radius 2 is 1.91 bits per heavy atom. The van der Waals surface area contributed by atoms with Crippen LogP contribution in [-0.2, 0) is 25.9 Å². The maximum atomic E-state index is 12.6. The predicted molar refractivity (Wildman–Crippen MR) is 84.9 cm³/mol. The predicted octanol–water partition coefficient (Wildman–Crippen LogP) is 1.59. The van der Waals surface area contributed by atoms with E-state index in [1.807, 2.05) is 13.0 Å². The topological polar surface area (TPSA) is 73.9 Å². The van der Waals surface area contributed by atoms with Crippen molar-refractivity contribution in [1.82, 2.24) is 4.72 Å². The van der Waals surface area contributed by atoms with E-state index in [9.17, 15) is 8.42 Å². The SMILES string of the molecule is CCc1ccc(OC)c(S(=O)(=O)NC[C@@](C)(COC)OC)c1. The zero-order valence-electron chi connectivity index (χ0n) is 13.8. The molecule has 0 amide bonds. The first-order valence-corrected chi connectivity index (χ1v) is 8.51. The zero-order valence-corrected chi connectivity index (χ0v) is 14.6. The van der Waals surface area contributed by atoms with Crippen LogP contribution >= 0.6 is 0 Å². The summed E-state index contributed by atoms with van der Waals surface area (Å²) in [5, 5.41) is 0. The summed E-state index contributed by atoms with van der Waals surface area (Å²) in [6.07, 6.45) is 0.742. The van der Waals surface area contributed by atoms with Crippen LogP contribution < -0.4 is 9.46 Å². The second-order valence-corrected chi connectivity index (χ2v) is 6.99. The van der Waals surface area contributed by atoms with E-state index < -0.39 is 15.6 Å². The Morgan fingerprint density at radius 3 is 2.41 bits per heavy atom. The molecule has 126 valence electrons. The third-order valence-electron chi connectivity index (χ3n) is 3.50. The summed E-state index contributed by atoms with van der Waals surface area (Å²) in [7, 11) is 0.801. The molecule has 1 aromatic carbocycles. The number of sulfonamides is 1. The summed E-state index contributed by atoms with van der Waals surface area (Å²) in [6.45, 7) is 4.11. The standard InChI is InChI=1S/C15H25NO5S/c1-6-12-7-8-13(20-4)14(9-12)22(17,18)16-10-15(2,21-5)11-19-3/h7-9,16H,6,10-11H2,1-5H3/t15-/m0/s1. The largest absolute Gasteiger partial charge is 0.495 e. The van der Waals surface area contributed by atoms with Crippen molar-refractivity contribution in [3.05, 3.63) is 23.8 Å². The molecule has 1 atom stereocenters. The maximum Gasteiger partial charge on any atom is 0.244 e. The minimum atomic E-state index is -3.71. The molecule has 1 rings (SSSR count). The van der Waals surface area contributed by atoms with Crippen LogP contribution in [0.5, 0.6) is 5.75 Å².